The molecule has 3 rings (SSSR count). The van der Waals surface area contributed by atoms with Crippen molar-refractivity contribution in [2.24, 2.45) is 0 Å². The lowest BCUT2D eigenvalue weighted by molar-refractivity contribution is 0.340. The Kier molecular flexibility index (Phi) is 3.14. The zero-order valence-corrected chi connectivity index (χ0v) is 11.5. The van der Waals surface area contributed by atoms with E-state index in [0.717, 1.165) is 29.5 Å². The first-order valence-electron chi connectivity index (χ1n) is 7.06. The number of aryl methyl sites for hydroxylation is 2. The SMILES string of the molecule is CCCc1ccc2c(c1)C(F)Cc1cc(C)ccc1-2. The molecular formula is C18H19F. The summed E-state index contributed by atoms with van der Waals surface area (Å²) >= 11 is 0. The molecule has 0 fully saturated rings. The second-order valence-corrected chi connectivity index (χ2v) is 5.50. The number of benzene rings is 2. The molecule has 0 nitrogen and oxygen atoms in total. The lowest BCUT2D eigenvalue weighted by atomic mass is 9.83. The minimum atomic E-state index is -0.860. The van der Waals surface area contributed by atoms with E-state index in [0.29, 0.717) is 6.42 Å². The largest absolute Gasteiger partial charge is 0.242 e. The summed E-state index contributed by atoms with van der Waals surface area (Å²) in [5.74, 6) is 0. The summed E-state index contributed by atoms with van der Waals surface area (Å²) in [6, 6.07) is 12.7. The highest BCUT2D eigenvalue weighted by Gasteiger charge is 2.24. The van der Waals surface area contributed by atoms with Gasteiger partial charge < -0.3 is 0 Å². The molecule has 98 valence electrons. The van der Waals surface area contributed by atoms with Crippen molar-refractivity contribution < 1.29 is 4.39 Å². The number of fused-ring (bicyclic) bond motifs is 3. The van der Waals surface area contributed by atoms with Crippen molar-refractivity contribution in [3.63, 3.8) is 0 Å². The standard InChI is InChI=1S/C18H19F/c1-3-4-13-6-8-16-15-7-5-12(2)9-14(15)11-18(19)17(16)10-13/h5-10,18H,3-4,11H2,1-2H3. The zero-order valence-electron chi connectivity index (χ0n) is 11.5. The Hall–Kier alpha value is -1.63. The third kappa shape index (κ3) is 2.18. The Labute approximate surface area is 114 Å². The van der Waals surface area contributed by atoms with Gasteiger partial charge in [-0.25, -0.2) is 4.39 Å². The fraction of sp³-hybridized carbons (Fsp3) is 0.333. The van der Waals surface area contributed by atoms with E-state index in [2.05, 4.69) is 50.2 Å². The van der Waals surface area contributed by atoms with Gasteiger partial charge in [-0.1, -0.05) is 55.3 Å². The van der Waals surface area contributed by atoms with Crippen molar-refractivity contribution in [3.05, 3.63) is 58.7 Å². The third-order valence-corrected chi connectivity index (χ3v) is 3.94. The summed E-state index contributed by atoms with van der Waals surface area (Å²) in [7, 11) is 0. The van der Waals surface area contributed by atoms with Crippen molar-refractivity contribution in [3.8, 4) is 11.1 Å². The van der Waals surface area contributed by atoms with Gasteiger partial charge in [-0.05, 0) is 41.2 Å². The second kappa shape index (κ2) is 4.80. The van der Waals surface area contributed by atoms with Crippen molar-refractivity contribution in [1.82, 2.24) is 0 Å². The molecule has 1 aliphatic rings. The van der Waals surface area contributed by atoms with E-state index in [-0.39, 0.29) is 0 Å². The molecule has 0 aromatic heterocycles. The van der Waals surface area contributed by atoms with E-state index in [9.17, 15) is 4.39 Å². The summed E-state index contributed by atoms with van der Waals surface area (Å²) in [5, 5.41) is 0. The molecule has 0 amide bonds. The molecule has 1 atom stereocenters. The van der Waals surface area contributed by atoms with Crippen LogP contribution >= 0.6 is 0 Å². The number of hydrogen-bond donors (Lipinski definition) is 0. The van der Waals surface area contributed by atoms with Crippen LogP contribution in [0.1, 0.15) is 41.8 Å². The van der Waals surface area contributed by atoms with Crippen LogP contribution < -0.4 is 0 Å². The maximum absolute atomic E-state index is 14.4. The molecule has 1 aliphatic carbocycles. The molecular weight excluding hydrogens is 235 g/mol. The number of alkyl halides is 1. The molecule has 0 radical (unpaired) electrons. The van der Waals surface area contributed by atoms with E-state index in [4.69, 9.17) is 0 Å². The predicted octanol–water partition coefficient (Wildman–Crippen LogP) is 5.18. The highest BCUT2D eigenvalue weighted by atomic mass is 19.1. The van der Waals surface area contributed by atoms with Crippen LogP contribution in [-0.4, -0.2) is 0 Å². The first kappa shape index (κ1) is 12.4. The highest BCUT2D eigenvalue weighted by molar-refractivity contribution is 5.74. The van der Waals surface area contributed by atoms with Gasteiger partial charge in [-0.2, -0.15) is 0 Å². The Morgan fingerprint density at radius 3 is 2.68 bits per heavy atom. The molecule has 0 spiro atoms. The second-order valence-electron chi connectivity index (χ2n) is 5.50. The lowest BCUT2D eigenvalue weighted by Gasteiger charge is -2.24. The van der Waals surface area contributed by atoms with E-state index in [1.54, 1.807) is 0 Å². The summed E-state index contributed by atoms with van der Waals surface area (Å²) in [5.41, 5.74) is 6.76. The van der Waals surface area contributed by atoms with Crippen LogP contribution in [0.5, 0.6) is 0 Å². The summed E-state index contributed by atoms with van der Waals surface area (Å²) in [6.07, 6.45) is 1.78. The number of halogens is 1. The third-order valence-electron chi connectivity index (χ3n) is 3.94. The van der Waals surface area contributed by atoms with Crippen LogP contribution in [0.25, 0.3) is 11.1 Å². The van der Waals surface area contributed by atoms with Crippen molar-refractivity contribution in [1.29, 1.82) is 0 Å². The van der Waals surface area contributed by atoms with Crippen molar-refractivity contribution in [2.75, 3.05) is 0 Å². The molecule has 2 aromatic carbocycles. The first-order valence-corrected chi connectivity index (χ1v) is 7.06. The monoisotopic (exact) mass is 254 g/mol. The summed E-state index contributed by atoms with van der Waals surface area (Å²) in [4.78, 5) is 0. The van der Waals surface area contributed by atoms with Crippen LogP contribution in [0.2, 0.25) is 0 Å². The molecule has 1 heteroatoms. The quantitative estimate of drug-likeness (QED) is 0.692. The highest BCUT2D eigenvalue weighted by Crippen LogP contribution is 2.41. The first-order chi connectivity index (χ1) is 9.19. The smallest absolute Gasteiger partial charge is 0.130 e. The van der Waals surface area contributed by atoms with Gasteiger partial charge in [0.2, 0.25) is 0 Å². The maximum atomic E-state index is 14.4. The number of hydrogen-bond acceptors (Lipinski definition) is 0. The van der Waals surface area contributed by atoms with E-state index in [1.807, 2.05) is 0 Å². The van der Waals surface area contributed by atoms with Gasteiger partial charge in [0, 0.05) is 6.42 Å². The Balaban J connectivity index is 2.13. The number of rotatable bonds is 2. The molecule has 1 unspecified atom stereocenters. The normalized spacial score (nSPS) is 16.9. The van der Waals surface area contributed by atoms with Gasteiger partial charge in [0.1, 0.15) is 6.17 Å². The van der Waals surface area contributed by atoms with Gasteiger partial charge in [0.25, 0.3) is 0 Å². The molecule has 19 heavy (non-hydrogen) atoms. The molecule has 0 heterocycles. The van der Waals surface area contributed by atoms with E-state index in [1.165, 1.54) is 16.7 Å². The lowest BCUT2D eigenvalue weighted by Crippen LogP contribution is -2.08. The van der Waals surface area contributed by atoms with Crippen LogP contribution in [-0.2, 0) is 12.8 Å². The van der Waals surface area contributed by atoms with Crippen LogP contribution in [0.3, 0.4) is 0 Å². The Morgan fingerprint density at radius 1 is 1.11 bits per heavy atom. The molecule has 2 aromatic rings. The van der Waals surface area contributed by atoms with Gasteiger partial charge in [-0.3, -0.25) is 0 Å². The Morgan fingerprint density at radius 2 is 1.89 bits per heavy atom. The average molecular weight is 254 g/mol. The fourth-order valence-corrected chi connectivity index (χ4v) is 3.02. The van der Waals surface area contributed by atoms with E-state index >= 15 is 0 Å². The van der Waals surface area contributed by atoms with Gasteiger partial charge in [-0.15, -0.1) is 0 Å². The van der Waals surface area contributed by atoms with Crippen LogP contribution in [0, 0.1) is 6.92 Å². The molecule has 0 aliphatic heterocycles. The predicted molar refractivity (Wildman–Crippen MR) is 78.2 cm³/mol. The topological polar surface area (TPSA) is 0 Å². The molecule has 0 bridgehead atoms. The average Bonchev–Trinajstić information content (AvgIpc) is 2.39. The summed E-state index contributed by atoms with van der Waals surface area (Å²) < 4.78 is 14.4. The van der Waals surface area contributed by atoms with Gasteiger partial charge >= 0.3 is 0 Å². The molecule has 0 N–H and O–H groups in total. The maximum Gasteiger partial charge on any atom is 0.130 e. The summed E-state index contributed by atoms with van der Waals surface area (Å²) in [6.45, 7) is 4.22. The zero-order chi connectivity index (χ0) is 13.4. The van der Waals surface area contributed by atoms with E-state index < -0.39 is 6.17 Å². The minimum Gasteiger partial charge on any atom is -0.242 e. The van der Waals surface area contributed by atoms with Crippen LogP contribution in [0.15, 0.2) is 36.4 Å². The van der Waals surface area contributed by atoms with Gasteiger partial charge in [0.15, 0.2) is 0 Å². The van der Waals surface area contributed by atoms with Crippen molar-refractivity contribution >= 4 is 0 Å². The fourth-order valence-electron chi connectivity index (χ4n) is 3.02. The van der Waals surface area contributed by atoms with Crippen LogP contribution in [0.4, 0.5) is 4.39 Å². The Bertz CT molecular complexity index is 613. The molecule has 0 saturated carbocycles. The van der Waals surface area contributed by atoms with Crippen molar-refractivity contribution in [2.45, 2.75) is 39.3 Å². The minimum absolute atomic E-state index is 0.513. The van der Waals surface area contributed by atoms with Gasteiger partial charge in [0.05, 0.1) is 0 Å². The molecule has 0 saturated heterocycles.